The Bertz CT molecular complexity index is 982. The molecule has 0 aliphatic rings. The molecule has 0 bridgehead atoms. The molecule has 0 aliphatic heterocycles. The summed E-state index contributed by atoms with van der Waals surface area (Å²) in [4.78, 5) is 24.5. The van der Waals surface area contributed by atoms with Crippen molar-refractivity contribution in [1.82, 2.24) is 15.1 Å². The Labute approximate surface area is 170 Å². The highest BCUT2D eigenvalue weighted by atomic mass is 32.1. The van der Waals surface area contributed by atoms with Crippen LogP contribution in [0.5, 0.6) is 0 Å². The number of nitrogens with one attached hydrogen (secondary N) is 2. The average Bonchev–Trinajstić information content (AvgIpc) is 3.35. The van der Waals surface area contributed by atoms with Crippen molar-refractivity contribution < 1.29 is 19.8 Å². The van der Waals surface area contributed by atoms with Gasteiger partial charge < -0.3 is 21.3 Å². The van der Waals surface area contributed by atoms with Crippen LogP contribution in [0.2, 0.25) is 0 Å². The van der Waals surface area contributed by atoms with E-state index in [-0.39, 0.29) is 25.5 Å². The zero-order chi connectivity index (χ0) is 20.8. The summed E-state index contributed by atoms with van der Waals surface area (Å²) in [5.74, 6) is 0.0774. The Kier molecular flexibility index (Phi) is 6.60. The number of thiophene rings is 1. The van der Waals surface area contributed by atoms with Gasteiger partial charge in [0.05, 0.1) is 36.2 Å². The molecular formula is C19H21N5O4S. The lowest BCUT2D eigenvalue weighted by Crippen LogP contribution is -2.40. The summed E-state index contributed by atoms with van der Waals surface area (Å²) in [6.45, 7) is -0.688. The van der Waals surface area contributed by atoms with Crippen LogP contribution in [0.25, 0.3) is 16.3 Å². The van der Waals surface area contributed by atoms with Crippen molar-refractivity contribution in [2.75, 3.05) is 18.5 Å². The van der Waals surface area contributed by atoms with Crippen molar-refractivity contribution in [3.05, 3.63) is 53.4 Å². The first-order valence-electron chi connectivity index (χ1n) is 8.81. The SMILES string of the molecule is NC(=O)Nc1cc(-c2cccs2)nn1-c1cccc(CC(=O)NC(CO)CO)c1. The fraction of sp³-hybridized carbons (Fsp3) is 0.211. The highest BCUT2D eigenvalue weighted by Crippen LogP contribution is 2.28. The maximum atomic E-state index is 12.1. The number of aromatic nitrogens is 2. The molecule has 0 saturated carbocycles. The molecule has 0 unspecified atom stereocenters. The number of aliphatic hydroxyl groups is 2. The van der Waals surface area contributed by atoms with E-state index >= 15 is 0 Å². The molecule has 0 aliphatic carbocycles. The predicted octanol–water partition coefficient (Wildman–Crippen LogP) is 1.10. The molecule has 2 heterocycles. The summed E-state index contributed by atoms with van der Waals surface area (Å²) in [5, 5.41) is 29.8. The molecule has 1 aromatic carbocycles. The molecule has 0 atom stereocenters. The van der Waals surface area contributed by atoms with Crippen LogP contribution in [0.1, 0.15) is 5.56 Å². The first kappa shape index (κ1) is 20.5. The zero-order valence-corrected chi connectivity index (χ0v) is 16.2. The number of urea groups is 1. The minimum absolute atomic E-state index is 0.0575. The van der Waals surface area contributed by atoms with Gasteiger partial charge in [-0.2, -0.15) is 5.10 Å². The van der Waals surface area contributed by atoms with Gasteiger partial charge in [0, 0.05) is 6.07 Å². The number of carbonyl (C=O) groups is 2. The third-order valence-corrected chi connectivity index (χ3v) is 4.95. The van der Waals surface area contributed by atoms with Gasteiger partial charge in [0.25, 0.3) is 0 Å². The monoisotopic (exact) mass is 415 g/mol. The molecule has 0 saturated heterocycles. The van der Waals surface area contributed by atoms with Crippen molar-refractivity contribution in [2.24, 2.45) is 5.73 Å². The summed E-state index contributed by atoms with van der Waals surface area (Å²) in [7, 11) is 0. The molecule has 2 aromatic heterocycles. The van der Waals surface area contributed by atoms with E-state index in [2.05, 4.69) is 15.7 Å². The fourth-order valence-electron chi connectivity index (χ4n) is 2.75. The molecular weight excluding hydrogens is 394 g/mol. The predicted molar refractivity (Wildman–Crippen MR) is 110 cm³/mol. The zero-order valence-electron chi connectivity index (χ0n) is 15.4. The number of aliphatic hydroxyl groups excluding tert-OH is 2. The third kappa shape index (κ3) is 5.19. The summed E-state index contributed by atoms with van der Waals surface area (Å²) in [6.07, 6.45) is 0.0575. The van der Waals surface area contributed by atoms with Crippen LogP contribution >= 0.6 is 11.3 Å². The Hall–Kier alpha value is -3.21. The minimum atomic E-state index is -0.710. The van der Waals surface area contributed by atoms with Crippen LogP contribution in [0.4, 0.5) is 10.6 Å². The van der Waals surface area contributed by atoms with Crippen LogP contribution in [0.3, 0.4) is 0 Å². The molecule has 3 aromatic rings. The van der Waals surface area contributed by atoms with Crippen LogP contribution in [0.15, 0.2) is 47.8 Å². The van der Waals surface area contributed by atoms with Gasteiger partial charge in [0.2, 0.25) is 5.91 Å². The Morgan fingerprint density at radius 1 is 1.17 bits per heavy atom. The maximum Gasteiger partial charge on any atom is 0.317 e. The largest absolute Gasteiger partial charge is 0.394 e. The number of nitrogens with zero attached hydrogens (tertiary/aromatic N) is 2. The van der Waals surface area contributed by atoms with E-state index in [9.17, 15) is 9.59 Å². The van der Waals surface area contributed by atoms with E-state index in [1.165, 1.54) is 11.3 Å². The Morgan fingerprint density at radius 3 is 2.62 bits per heavy atom. The van der Waals surface area contributed by atoms with Gasteiger partial charge in [-0.1, -0.05) is 18.2 Å². The minimum Gasteiger partial charge on any atom is -0.394 e. The normalized spacial score (nSPS) is 10.9. The summed E-state index contributed by atoms with van der Waals surface area (Å²) in [6, 6.07) is 11.3. The number of anilines is 1. The number of hydrogen-bond acceptors (Lipinski definition) is 6. The summed E-state index contributed by atoms with van der Waals surface area (Å²) >= 11 is 1.52. The van der Waals surface area contributed by atoms with Gasteiger partial charge in [-0.05, 0) is 29.1 Å². The van der Waals surface area contributed by atoms with Gasteiger partial charge in [0.1, 0.15) is 11.5 Å². The third-order valence-electron chi connectivity index (χ3n) is 4.06. The van der Waals surface area contributed by atoms with Gasteiger partial charge in [0.15, 0.2) is 0 Å². The van der Waals surface area contributed by atoms with Crippen LogP contribution in [-0.2, 0) is 11.2 Å². The fourth-order valence-corrected chi connectivity index (χ4v) is 3.43. The first-order valence-corrected chi connectivity index (χ1v) is 9.69. The van der Waals surface area contributed by atoms with Crippen molar-refractivity contribution >= 4 is 29.1 Å². The number of carbonyl (C=O) groups excluding carboxylic acids is 2. The maximum absolute atomic E-state index is 12.1. The number of primary amides is 1. The Morgan fingerprint density at radius 2 is 1.97 bits per heavy atom. The van der Waals surface area contributed by atoms with Gasteiger partial charge in [-0.3, -0.25) is 10.1 Å². The van der Waals surface area contributed by atoms with E-state index in [1.54, 1.807) is 35.0 Å². The standard InChI is InChI=1S/C19H21N5O4S/c20-19(28)22-17-9-15(16-5-2-6-29-16)23-24(17)14-4-1-3-12(7-14)8-18(27)21-13(10-25)11-26/h1-7,9,13,25-26H,8,10-11H2,(H,21,27)(H3,20,22,28). The second-order valence-electron chi connectivity index (χ2n) is 6.27. The van der Waals surface area contributed by atoms with E-state index in [4.69, 9.17) is 15.9 Å². The highest BCUT2D eigenvalue weighted by Gasteiger charge is 2.15. The van der Waals surface area contributed by atoms with E-state index in [0.29, 0.717) is 22.8 Å². The topological polar surface area (TPSA) is 142 Å². The summed E-state index contributed by atoms with van der Waals surface area (Å²) in [5.41, 5.74) is 7.31. The van der Waals surface area contributed by atoms with Crippen molar-refractivity contribution in [1.29, 1.82) is 0 Å². The molecule has 10 heteroatoms. The van der Waals surface area contributed by atoms with Crippen LogP contribution in [-0.4, -0.2) is 51.2 Å². The lowest BCUT2D eigenvalue weighted by atomic mass is 10.1. The van der Waals surface area contributed by atoms with Crippen molar-refractivity contribution in [2.45, 2.75) is 12.5 Å². The molecule has 152 valence electrons. The quantitative estimate of drug-likeness (QED) is 0.374. The van der Waals surface area contributed by atoms with E-state index in [0.717, 1.165) is 4.88 Å². The average molecular weight is 415 g/mol. The lowest BCUT2D eigenvalue weighted by molar-refractivity contribution is -0.121. The molecule has 3 rings (SSSR count). The number of hydrogen-bond donors (Lipinski definition) is 5. The lowest BCUT2D eigenvalue weighted by Gasteiger charge is -2.13. The molecule has 3 amide bonds. The number of benzene rings is 1. The number of amides is 3. The van der Waals surface area contributed by atoms with Crippen molar-refractivity contribution in [3.63, 3.8) is 0 Å². The number of nitrogens with two attached hydrogens (primary N) is 1. The molecule has 29 heavy (non-hydrogen) atoms. The Balaban J connectivity index is 1.87. The first-order chi connectivity index (χ1) is 14.0. The molecule has 0 spiro atoms. The van der Waals surface area contributed by atoms with Gasteiger partial charge in [-0.25, -0.2) is 9.48 Å². The number of rotatable bonds is 8. The van der Waals surface area contributed by atoms with E-state index in [1.807, 2.05) is 17.5 Å². The smallest absolute Gasteiger partial charge is 0.317 e. The molecule has 0 radical (unpaired) electrons. The van der Waals surface area contributed by atoms with Gasteiger partial charge >= 0.3 is 6.03 Å². The van der Waals surface area contributed by atoms with Gasteiger partial charge in [-0.15, -0.1) is 11.3 Å². The van der Waals surface area contributed by atoms with Crippen molar-refractivity contribution in [3.8, 4) is 16.3 Å². The highest BCUT2D eigenvalue weighted by molar-refractivity contribution is 7.13. The second-order valence-corrected chi connectivity index (χ2v) is 7.22. The van der Waals surface area contributed by atoms with Crippen LogP contribution in [0, 0.1) is 0 Å². The van der Waals surface area contributed by atoms with E-state index < -0.39 is 12.1 Å². The molecule has 6 N–H and O–H groups in total. The molecule has 0 fully saturated rings. The second kappa shape index (κ2) is 9.32. The molecule has 9 nitrogen and oxygen atoms in total. The summed E-state index contributed by atoms with van der Waals surface area (Å²) < 4.78 is 1.55. The van der Waals surface area contributed by atoms with Crippen LogP contribution < -0.4 is 16.4 Å².